The molecule has 2 atom stereocenters. The lowest BCUT2D eigenvalue weighted by Crippen LogP contribution is -2.52. The van der Waals surface area contributed by atoms with Gasteiger partial charge in [-0.25, -0.2) is 0 Å². The van der Waals surface area contributed by atoms with Crippen LogP contribution in [0.5, 0.6) is 0 Å². The van der Waals surface area contributed by atoms with Crippen molar-refractivity contribution < 1.29 is 14.4 Å². The van der Waals surface area contributed by atoms with Crippen molar-refractivity contribution in [2.75, 3.05) is 13.6 Å². The highest BCUT2D eigenvalue weighted by atomic mass is 127. The van der Waals surface area contributed by atoms with Crippen LogP contribution >= 0.6 is 22.6 Å². The van der Waals surface area contributed by atoms with Crippen LogP contribution in [0.1, 0.15) is 34.6 Å². The van der Waals surface area contributed by atoms with E-state index in [-0.39, 0.29) is 39.9 Å². The fourth-order valence-electron chi connectivity index (χ4n) is 1.66. The van der Waals surface area contributed by atoms with Gasteiger partial charge in [-0.05, 0) is 6.92 Å². The first-order valence-electron chi connectivity index (χ1n) is 6.81. The van der Waals surface area contributed by atoms with E-state index in [0.29, 0.717) is 0 Å². The second-order valence-corrected chi connectivity index (χ2v) is 7.41. The number of likely N-dealkylation sites (N-methyl/N-ethyl adjacent to an activating group) is 1. The summed E-state index contributed by atoms with van der Waals surface area (Å²) in [4.78, 5) is 37.4. The summed E-state index contributed by atoms with van der Waals surface area (Å²) in [6, 6.07) is -0.612. The van der Waals surface area contributed by atoms with Gasteiger partial charge >= 0.3 is 0 Å². The molecule has 0 bridgehead atoms. The topological polar surface area (TPSA) is 66.5 Å². The number of nitrogens with zero attached hydrogens (tertiary/aromatic N) is 1. The molecule has 5 nitrogen and oxygen atoms in total. The predicted octanol–water partition coefficient (Wildman–Crippen LogP) is 1.63. The summed E-state index contributed by atoms with van der Waals surface area (Å²) >= 11 is 2.03. The zero-order valence-electron chi connectivity index (χ0n) is 13.1. The molecule has 0 saturated heterocycles. The number of ketones is 1. The van der Waals surface area contributed by atoms with Gasteiger partial charge in [0.15, 0.2) is 5.78 Å². The predicted molar refractivity (Wildman–Crippen MR) is 87.7 cm³/mol. The minimum absolute atomic E-state index is 0.0499. The Labute approximate surface area is 135 Å². The van der Waals surface area contributed by atoms with Crippen LogP contribution in [0.25, 0.3) is 0 Å². The van der Waals surface area contributed by atoms with E-state index in [2.05, 4.69) is 5.32 Å². The van der Waals surface area contributed by atoms with Crippen LogP contribution in [-0.4, -0.2) is 46.1 Å². The van der Waals surface area contributed by atoms with E-state index in [1.54, 1.807) is 41.7 Å². The zero-order chi connectivity index (χ0) is 16.0. The molecule has 0 radical (unpaired) electrons. The number of alkyl halides is 1. The molecule has 0 aromatic rings. The first kappa shape index (κ1) is 19.3. The Kier molecular flexibility index (Phi) is 8.30. The molecule has 0 aromatic carbocycles. The smallest absolute Gasteiger partial charge is 0.225 e. The number of rotatable bonds is 7. The van der Waals surface area contributed by atoms with Crippen molar-refractivity contribution in [1.82, 2.24) is 10.2 Å². The normalized spacial score (nSPS) is 14.1. The monoisotopic (exact) mass is 396 g/mol. The number of nitrogens with one attached hydrogen (secondary N) is 1. The maximum absolute atomic E-state index is 12.2. The SMILES string of the molecule is CC(C)C(=O)NC[C@@H](C(=O)C(C)I)N(C)C(=O)C(C)C. The molecule has 0 rings (SSSR count). The summed E-state index contributed by atoms with van der Waals surface area (Å²) in [5.74, 6) is -0.589. The highest BCUT2D eigenvalue weighted by Crippen LogP contribution is 2.11. The molecular weight excluding hydrogens is 371 g/mol. The first-order valence-corrected chi connectivity index (χ1v) is 8.06. The third-order valence-electron chi connectivity index (χ3n) is 3.02. The molecule has 1 N–H and O–H groups in total. The molecule has 116 valence electrons. The Morgan fingerprint density at radius 1 is 1.05 bits per heavy atom. The maximum Gasteiger partial charge on any atom is 0.225 e. The van der Waals surface area contributed by atoms with Crippen molar-refractivity contribution in [2.45, 2.75) is 44.6 Å². The lowest BCUT2D eigenvalue weighted by molar-refractivity contribution is -0.140. The van der Waals surface area contributed by atoms with Crippen LogP contribution in [0.3, 0.4) is 0 Å². The maximum atomic E-state index is 12.2. The fourth-order valence-corrected chi connectivity index (χ4v) is 2.07. The van der Waals surface area contributed by atoms with Gasteiger partial charge in [-0.3, -0.25) is 14.4 Å². The van der Waals surface area contributed by atoms with E-state index in [0.717, 1.165) is 0 Å². The molecule has 0 aliphatic heterocycles. The number of hydrogen-bond acceptors (Lipinski definition) is 3. The summed E-state index contributed by atoms with van der Waals surface area (Å²) in [5, 5.41) is 2.74. The standard InChI is InChI=1S/C14H25IN2O3/c1-8(2)13(19)16-7-11(12(18)10(5)15)17(6)14(20)9(3)4/h8-11H,7H2,1-6H3,(H,16,19)/t10?,11-/m0/s1. The summed E-state index contributed by atoms with van der Waals surface area (Å²) in [5.41, 5.74) is 0. The molecule has 0 aliphatic rings. The van der Waals surface area contributed by atoms with E-state index >= 15 is 0 Å². The van der Waals surface area contributed by atoms with Crippen molar-refractivity contribution in [1.29, 1.82) is 0 Å². The summed E-state index contributed by atoms with van der Waals surface area (Å²) < 4.78 is -0.212. The largest absolute Gasteiger partial charge is 0.353 e. The number of carbonyl (C=O) groups is 3. The minimum Gasteiger partial charge on any atom is -0.353 e. The van der Waals surface area contributed by atoms with E-state index in [9.17, 15) is 14.4 Å². The second-order valence-electron chi connectivity index (χ2n) is 5.54. The third-order valence-corrected chi connectivity index (χ3v) is 3.64. The van der Waals surface area contributed by atoms with Crippen molar-refractivity contribution in [3.05, 3.63) is 0 Å². The van der Waals surface area contributed by atoms with Gasteiger partial charge in [-0.15, -0.1) is 0 Å². The van der Waals surface area contributed by atoms with Crippen LogP contribution in [0, 0.1) is 11.8 Å². The number of carbonyl (C=O) groups excluding carboxylic acids is 3. The van der Waals surface area contributed by atoms with Gasteiger partial charge in [-0.2, -0.15) is 0 Å². The van der Waals surface area contributed by atoms with Gasteiger partial charge < -0.3 is 10.2 Å². The lowest BCUT2D eigenvalue weighted by Gasteiger charge is -2.29. The Hall–Kier alpha value is -0.660. The average molecular weight is 396 g/mol. The molecule has 1 unspecified atom stereocenters. The molecule has 0 spiro atoms. The Morgan fingerprint density at radius 3 is 1.90 bits per heavy atom. The van der Waals surface area contributed by atoms with Crippen molar-refractivity contribution in [2.24, 2.45) is 11.8 Å². The van der Waals surface area contributed by atoms with Crippen LogP contribution in [0.4, 0.5) is 0 Å². The van der Waals surface area contributed by atoms with Gasteiger partial charge in [0.2, 0.25) is 11.8 Å². The molecule has 2 amide bonds. The van der Waals surface area contributed by atoms with Crippen molar-refractivity contribution >= 4 is 40.2 Å². The van der Waals surface area contributed by atoms with Crippen molar-refractivity contribution in [3.8, 4) is 0 Å². The lowest BCUT2D eigenvalue weighted by atomic mass is 10.1. The van der Waals surface area contributed by atoms with E-state index in [1.165, 1.54) is 4.90 Å². The van der Waals surface area contributed by atoms with Crippen LogP contribution in [0.2, 0.25) is 0 Å². The molecular formula is C14H25IN2O3. The number of hydrogen-bond donors (Lipinski definition) is 1. The van der Waals surface area contributed by atoms with Crippen LogP contribution < -0.4 is 5.32 Å². The quantitative estimate of drug-likeness (QED) is 0.526. The molecule has 6 heteroatoms. The van der Waals surface area contributed by atoms with E-state index < -0.39 is 6.04 Å². The Morgan fingerprint density at radius 2 is 1.55 bits per heavy atom. The summed E-state index contributed by atoms with van der Waals surface area (Å²) in [6.07, 6.45) is 0. The average Bonchev–Trinajstić information content (AvgIpc) is 2.36. The molecule has 0 fully saturated rings. The van der Waals surface area contributed by atoms with Gasteiger partial charge in [0.1, 0.15) is 6.04 Å². The number of Topliss-reactive ketones (excluding diaryl/α,β-unsaturated/α-hetero) is 1. The third kappa shape index (κ3) is 5.76. The molecule has 0 heterocycles. The Balaban J connectivity index is 4.96. The van der Waals surface area contributed by atoms with Crippen LogP contribution in [-0.2, 0) is 14.4 Å². The molecule has 20 heavy (non-hydrogen) atoms. The van der Waals surface area contributed by atoms with Crippen molar-refractivity contribution in [3.63, 3.8) is 0 Å². The molecule has 0 aliphatic carbocycles. The van der Waals surface area contributed by atoms with Gasteiger partial charge in [0.25, 0.3) is 0 Å². The highest BCUT2D eigenvalue weighted by Gasteiger charge is 2.30. The minimum atomic E-state index is -0.612. The summed E-state index contributed by atoms with van der Waals surface area (Å²) in [7, 11) is 1.62. The fraction of sp³-hybridized carbons (Fsp3) is 0.786. The number of amides is 2. The van der Waals surface area contributed by atoms with E-state index in [1.807, 2.05) is 22.6 Å². The molecule has 0 saturated carbocycles. The van der Waals surface area contributed by atoms with Gasteiger partial charge in [-0.1, -0.05) is 50.3 Å². The highest BCUT2D eigenvalue weighted by molar-refractivity contribution is 14.1. The van der Waals surface area contributed by atoms with E-state index in [4.69, 9.17) is 0 Å². The van der Waals surface area contributed by atoms with Gasteiger partial charge in [0.05, 0.1) is 3.92 Å². The summed E-state index contributed by atoms with van der Waals surface area (Å²) in [6.45, 7) is 9.11. The molecule has 0 aromatic heterocycles. The first-order chi connectivity index (χ1) is 9.09. The Bertz CT molecular complexity index is 367. The zero-order valence-corrected chi connectivity index (χ0v) is 15.2. The number of halogens is 1. The van der Waals surface area contributed by atoms with Crippen LogP contribution in [0.15, 0.2) is 0 Å². The van der Waals surface area contributed by atoms with Gasteiger partial charge in [0, 0.05) is 25.4 Å². The second kappa shape index (κ2) is 8.59.